The number of aryl methyl sites for hydroxylation is 2. The van der Waals surface area contributed by atoms with E-state index in [1.807, 2.05) is 0 Å². The lowest BCUT2D eigenvalue weighted by Gasteiger charge is -2.38. The molecule has 0 radical (unpaired) electrons. The van der Waals surface area contributed by atoms with Crippen molar-refractivity contribution in [1.82, 2.24) is 4.90 Å². The summed E-state index contributed by atoms with van der Waals surface area (Å²) in [5, 5.41) is 0. The molecular weight excluding hydrogens is 389 g/mol. The van der Waals surface area contributed by atoms with Crippen LogP contribution in [0.4, 0.5) is 0 Å². The summed E-state index contributed by atoms with van der Waals surface area (Å²) in [4.78, 5) is 31.1. The fourth-order valence-electron chi connectivity index (χ4n) is 3.63. The average Bonchev–Trinajstić information content (AvgIpc) is 2.64. The van der Waals surface area contributed by atoms with Gasteiger partial charge < -0.3 is 14.7 Å². The Morgan fingerprint density at radius 2 is 1.48 bits per heavy atom. The van der Waals surface area contributed by atoms with Crippen molar-refractivity contribution in [2.24, 2.45) is 0 Å². The highest BCUT2D eigenvalue weighted by Gasteiger charge is 2.35. The zero-order chi connectivity index (χ0) is 21.1. The van der Waals surface area contributed by atoms with Gasteiger partial charge in [-0.25, -0.2) is 4.57 Å². The molecule has 2 rings (SSSR count). The van der Waals surface area contributed by atoms with Crippen molar-refractivity contribution >= 4 is 13.7 Å². The van der Waals surface area contributed by atoms with Gasteiger partial charge in [0.05, 0.1) is 0 Å². The van der Waals surface area contributed by atoms with Gasteiger partial charge in [0.15, 0.2) is 0 Å². The number of hydrogen-bond acceptors (Lipinski definition) is 3. The van der Waals surface area contributed by atoms with E-state index in [2.05, 4.69) is 35.7 Å². The zero-order valence-electron chi connectivity index (χ0n) is 17.6. The first-order chi connectivity index (χ1) is 13.9. The molecule has 0 atom stereocenters. The maximum atomic E-state index is 12.0. The van der Waals surface area contributed by atoms with Crippen molar-refractivity contribution in [3.63, 3.8) is 0 Å². The molecule has 0 aromatic heterocycles. The molecule has 0 aliphatic carbocycles. The normalized spacial score (nSPS) is 14.8. The van der Waals surface area contributed by atoms with Crippen LogP contribution < -0.4 is 0 Å². The lowest BCUT2D eigenvalue weighted by atomic mass is 10.0. The number of nitrogens with zero attached hydrogens (tertiary/aromatic N) is 1. The number of phosphoric ester groups is 1. The molecule has 1 aliphatic rings. The summed E-state index contributed by atoms with van der Waals surface area (Å²) in [7, 11) is -4.45. The van der Waals surface area contributed by atoms with Gasteiger partial charge in [-0.3, -0.25) is 9.32 Å². The number of likely N-dealkylation sites (tertiary alicyclic amines) is 1. The van der Waals surface area contributed by atoms with Gasteiger partial charge in [0.2, 0.25) is 5.91 Å². The molecule has 0 bridgehead atoms. The third-order valence-corrected chi connectivity index (χ3v) is 6.01. The summed E-state index contributed by atoms with van der Waals surface area (Å²) < 4.78 is 15.3. The molecule has 29 heavy (non-hydrogen) atoms. The second-order valence-electron chi connectivity index (χ2n) is 8.06. The minimum absolute atomic E-state index is 0.0537. The van der Waals surface area contributed by atoms with Crippen LogP contribution in [-0.4, -0.2) is 39.8 Å². The first-order valence-electron chi connectivity index (χ1n) is 11.0. The minimum atomic E-state index is -4.45. The van der Waals surface area contributed by atoms with Crippen LogP contribution in [0.15, 0.2) is 24.3 Å². The molecule has 7 heteroatoms. The van der Waals surface area contributed by atoms with Gasteiger partial charge in [-0.05, 0) is 43.2 Å². The Bertz CT molecular complexity index is 652. The molecule has 1 heterocycles. The van der Waals surface area contributed by atoms with Gasteiger partial charge in [-0.15, -0.1) is 0 Å². The van der Waals surface area contributed by atoms with Crippen molar-refractivity contribution < 1.29 is 23.7 Å². The number of amides is 1. The lowest BCUT2D eigenvalue weighted by molar-refractivity contribution is -0.140. The summed E-state index contributed by atoms with van der Waals surface area (Å²) in [6.45, 7) is 2.79. The van der Waals surface area contributed by atoms with Crippen LogP contribution in [0.2, 0.25) is 0 Å². The summed E-state index contributed by atoms with van der Waals surface area (Å²) >= 11 is 0. The topological polar surface area (TPSA) is 87.1 Å². The molecule has 0 saturated carbocycles. The van der Waals surface area contributed by atoms with Gasteiger partial charge in [0, 0.05) is 19.5 Å². The molecule has 2 N–H and O–H groups in total. The average molecular weight is 426 g/mol. The maximum absolute atomic E-state index is 12.0. The maximum Gasteiger partial charge on any atom is 0.469 e. The van der Waals surface area contributed by atoms with Crippen molar-refractivity contribution in [2.75, 3.05) is 13.1 Å². The van der Waals surface area contributed by atoms with E-state index in [0.29, 0.717) is 6.42 Å². The van der Waals surface area contributed by atoms with E-state index in [1.54, 1.807) is 4.90 Å². The Morgan fingerprint density at radius 3 is 2.03 bits per heavy atom. The van der Waals surface area contributed by atoms with Gasteiger partial charge in [0.1, 0.15) is 6.10 Å². The monoisotopic (exact) mass is 425 g/mol. The predicted octanol–water partition coefficient (Wildman–Crippen LogP) is 4.62. The van der Waals surface area contributed by atoms with Crippen LogP contribution in [0.25, 0.3) is 0 Å². The molecular formula is C22H36NO5P. The number of rotatable bonds is 14. The highest BCUT2D eigenvalue weighted by Crippen LogP contribution is 2.39. The largest absolute Gasteiger partial charge is 0.469 e. The Kier molecular flexibility index (Phi) is 10.4. The fourth-order valence-corrected chi connectivity index (χ4v) is 4.15. The number of carbonyl (C=O) groups excluding carboxylic acids is 1. The standard InChI is InChI=1S/C22H36NO5P/c1-2-3-10-19-13-15-20(16-14-19)11-8-6-4-5-7-9-12-22(24)23-17-21(18-23)28-29(25,26)27/h13-16,21H,2-12,17-18H2,1H3,(H2,25,26,27). The zero-order valence-corrected chi connectivity index (χ0v) is 18.5. The van der Waals surface area contributed by atoms with Gasteiger partial charge in [0.25, 0.3) is 0 Å². The fraction of sp³-hybridized carbons (Fsp3) is 0.682. The third kappa shape index (κ3) is 9.90. The van der Waals surface area contributed by atoms with Crippen molar-refractivity contribution in [3.8, 4) is 0 Å². The van der Waals surface area contributed by atoms with Crippen molar-refractivity contribution in [2.45, 2.75) is 83.7 Å². The third-order valence-electron chi connectivity index (χ3n) is 5.44. The van der Waals surface area contributed by atoms with Crippen LogP contribution in [0.1, 0.15) is 75.8 Å². The van der Waals surface area contributed by atoms with E-state index in [9.17, 15) is 9.36 Å². The minimum Gasteiger partial charge on any atom is -0.337 e. The Morgan fingerprint density at radius 1 is 0.966 bits per heavy atom. The first-order valence-corrected chi connectivity index (χ1v) is 12.5. The van der Waals surface area contributed by atoms with E-state index >= 15 is 0 Å². The quantitative estimate of drug-likeness (QED) is 0.335. The molecule has 0 spiro atoms. The smallest absolute Gasteiger partial charge is 0.337 e. The van der Waals surface area contributed by atoms with Gasteiger partial charge >= 0.3 is 7.82 Å². The molecule has 1 aliphatic heterocycles. The molecule has 164 valence electrons. The molecule has 0 unspecified atom stereocenters. The summed E-state index contributed by atoms with van der Waals surface area (Å²) in [6, 6.07) is 9.06. The van der Waals surface area contributed by atoms with Crippen LogP contribution in [0.5, 0.6) is 0 Å². The van der Waals surface area contributed by atoms with E-state index < -0.39 is 13.9 Å². The molecule has 1 aromatic carbocycles. The molecule has 6 nitrogen and oxygen atoms in total. The SMILES string of the molecule is CCCCc1ccc(CCCCCCCCC(=O)N2CC(OP(=O)(O)O)C2)cc1. The van der Waals surface area contributed by atoms with E-state index in [-0.39, 0.29) is 19.0 Å². The predicted molar refractivity (Wildman–Crippen MR) is 115 cm³/mol. The van der Waals surface area contributed by atoms with E-state index in [0.717, 1.165) is 25.7 Å². The summed E-state index contributed by atoms with van der Waals surface area (Å²) in [5.41, 5.74) is 2.86. The highest BCUT2D eigenvalue weighted by molar-refractivity contribution is 7.46. The van der Waals surface area contributed by atoms with E-state index in [4.69, 9.17) is 9.79 Å². The lowest BCUT2D eigenvalue weighted by Crippen LogP contribution is -2.54. The second kappa shape index (κ2) is 12.5. The van der Waals surface area contributed by atoms with Crippen LogP contribution >= 0.6 is 7.82 Å². The number of hydrogen-bond donors (Lipinski definition) is 2. The second-order valence-corrected chi connectivity index (χ2v) is 9.25. The summed E-state index contributed by atoms with van der Waals surface area (Å²) in [6.07, 6.45) is 11.5. The van der Waals surface area contributed by atoms with E-state index in [1.165, 1.54) is 49.7 Å². The number of carbonyl (C=O) groups is 1. The molecule has 1 saturated heterocycles. The van der Waals surface area contributed by atoms with Crippen molar-refractivity contribution in [3.05, 3.63) is 35.4 Å². The van der Waals surface area contributed by atoms with Gasteiger partial charge in [-0.2, -0.15) is 0 Å². The number of unbranched alkanes of at least 4 members (excludes halogenated alkanes) is 6. The Labute approximate surface area is 174 Å². The van der Waals surface area contributed by atoms with Crippen LogP contribution in [0, 0.1) is 0 Å². The Hall–Kier alpha value is -1.20. The number of phosphoric acid groups is 1. The van der Waals surface area contributed by atoms with Crippen LogP contribution in [0.3, 0.4) is 0 Å². The molecule has 1 aromatic rings. The highest BCUT2D eigenvalue weighted by atomic mass is 31.2. The number of benzene rings is 1. The summed E-state index contributed by atoms with van der Waals surface area (Å²) in [5.74, 6) is 0.0537. The Balaban J connectivity index is 1.43. The van der Waals surface area contributed by atoms with Gasteiger partial charge in [-0.1, -0.05) is 63.3 Å². The first kappa shape index (κ1) is 24.1. The molecule has 1 amide bonds. The van der Waals surface area contributed by atoms with Crippen LogP contribution in [-0.2, 0) is 26.7 Å². The van der Waals surface area contributed by atoms with Crippen molar-refractivity contribution in [1.29, 1.82) is 0 Å². The molecule has 1 fully saturated rings.